The van der Waals surface area contributed by atoms with Gasteiger partial charge in [-0.3, -0.25) is 14.9 Å². The number of ether oxygens (including phenoxy) is 1. The number of methoxy groups -OCH3 is 1. The van der Waals surface area contributed by atoms with E-state index < -0.39 is 16.9 Å². The second kappa shape index (κ2) is 9.17. The highest BCUT2D eigenvalue weighted by Crippen LogP contribution is 2.27. The average molecular weight is 410 g/mol. The molecule has 0 aliphatic rings. The van der Waals surface area contributed by atoms with Gasteiger partial charge in [0.25, 0.3) is 11.6 Å². The van der Waals surface area contributed by atoms with Crippen LogP contribution in [0.4, 0.5) is 5.69 Å². The summed E-state index contributed by atoms with van der Waals surface area (Å²) in [4.78, 5) is 27.6. The number of amides is 1. The largest absolute Gasteiger partial charge is 0.497 e. The molecular weight excluding hydrogens is 388 g/mol. The maximum atomic E-state index is 12.7. The van der Waals surface area contributed by atoms with Crippen molar-refractivity contribution in [1.82, 2.24) is 15.5 Å². The van der Waals surface area contributed by atoms with E-state index in [0.29, 0.717) is 11.6 Å². The lowest BCUT2D eigenvalue weighted by Crippen LogP contribution is -2.32. The Labute approximate surface area is 173 Å². The fourth-order valence-corrected chi connectivity index (χ4v) is 2.89. The highest BCUT2D eigenvalue weighted by molar-refractivity contribution is 5.95. The number of carbonyl (C=O) groups excluding carboxylic acids is 1. The molecule has 9 heteroatoms. The Bertz CT molecular complexity index is 1030. The van der Waals surface area contributed by atoms with Crippen LogP contribution in [0.2, 0.25) is 0 Å². The van der Waals surface area contributed by atoms with Crippen molar-refractivity contribution in [3.05, 3.63) is 70.1 Å². The predicted octanol–water partition coefficient (Wildman–Crippen LogP) is 4.17. The minimum absolute atomic E-state index is 0.00295. The number of nitrogens with zero attached hydrogens (tertiary/aromatic N) is 3. The molecule has 0 saturated carbocycles. The van der Waals surface area contributed by atoms with Gasteiger partial charge in [-0.15, -0.1) is 0 Å². The zero-order valence-corrected chi connectivity index (χ0v) is 16.9. The van der Waals surface area contributed by atoms with Gasteiger partial charge in [-0.05, 0) is 36.2 Å². The molecule has 9 nitrogen and oxygen atoms in total. The number of nitro groups is 1. The smallest absolute Gasteiger partial charge is 0.270 e. The fourth-order valence-electron chi connectivity index (χ4n) is 2.89. The standard InChI is InChI=1S/C21H22N4O5/c1-4-13(2)18(22-20(26)15-6-5-7-16(12-15)25(27)28)21-23-19(24-30-21)14-8-10-17(29-3)11-9-14/h5-13,18H,4H2,1-3H3,(H,22,26)/t13-,18+/m0/s1. The van der Waals surface area contributed by atoms with E-state index >= 15 is 0 Å². The second-order valence-corrected chi connectivity index (χ2v) is 6.83. The molecule has 0 saturated heterocycles. The molecule has 2 aromatic carbocycles. The molecule has 3 aromatic rings. The van der Waals surface area contributed by atoms with Gasteiger partial charge in [-0.1, -0.05) is 31.5 Å². The third-order valence-corrected chi connectivity index (χ3v) is 4.87. The van der Waals surface area contributed by atoms with Crippen LogP contribution in [0.5, 0.6) is 5.75 Å². The maximum Gasteiger partial charge on any atom is 0.270 e. The zero-order valence-electron chi connectivity index (χ0n) is 16.9. The topological polar surface area (TPSA) is 120 Å². The summed E-state index contributed by atoms with van der Waals surface area (Å²) in [7, 11) is 1.59. The molecule has 1 heterocycles. The lowest BCUT2D eigenvalue weighted by molar-refractivity contribution is -0.384. The van der Waals surface area contributed by atoms with Gasteiger partial charge in [0.05, 0.1) is 12.0 Å². The van der Waals surface area contributed by atoms with Gasteiger partial charge in [-0.2, -0.15) is 4.98 Å². The first kappa shape index (κ1) is 21.0. The van der Waals surface area contributed by atoms with Crippen LogP contribution < -0.4 is 10.1 Å². The Morgan fingerprint density at radius 1 is 1.27 bits per heavy atom. The molecule has 0 bridgehead atoms. The third kappa shape index (κ3) is 4.62. The van der Waals surface area contributed by atoms with Crippen molar-refractivity contribution in [3.8, 4) is 17.1 Å². The molecule has 0 aliphatic carbocycles. The number of hydrogen-bond donors (Lipinski definition) is 1. The van der Waals surface area contributed by atoms with Gasteiger partial charge >= 0.3 is 0 Å². The van der Waals surface area contributed by atoms with Gasteiger partial charge in [0.1, 0.15) is 11.8 Å². The van der Waals surface area contributed by atoms with Crippen LogP contribution in [-0.4, -0.2) is 28.1 Å². The summed E-state index contributed by atoms with van der Waals surface area (Å²) >= 11 is 0. The molecule has 0 unspecified atom stereocenters. The number of carbonyl (C=O) groups is 1. The van der Waals surface area contributed by atoms with Crippen molar-refractivity contribution in [2.75, 3.05) is 7.11 Å². The summed E-state index contributed by atoms with van der Waals surface area (Å²) in [5, 5.41) is 17.9. The van der Waals surface area contributed by atoms with Gasteiger partial charge in [0.15, 0.2) is 0 Å². The Kier molecular flexibility index (Phi) is 6.41. The second-order valence-electron chi connectivity index (χ2n) is 6.83. The summed E-state index contributed by atoms with van der Waals surface area (Å²) in [6.07, 6.45) is 0.750. The summed E-state index contributed by atoms with van der Waals surface area (Å²) in [6, 6.07) is 12.2. The van der Waals surface area contributed by atoms with Crippen molar-refractivity contribution in [2.45, 2.75) is 26.3 Å². The third-order valence-electron chi connectivity index (χ3n) is 4.87. The van der Waals surface area contributed by atoms with E-state index in [1.807, 2.05) is 26.0 Å². The monoisotopic (exact) mass is 410 g/mol. The number of nitro benzene ring substituents is 1. The quantitative estimate of drug-likeness (QED) is 0.437. The Hall–Kier alpha value is -3.75. The number of benzene rings is 2. The van der Waals surface area contributed by atoms with Crippen LogP contribution in [0.3, 0.4) is 0 Å². The molecule has 156 valence electrons. The molecule has 3 rings (SSSR count). The normalized spacial score (nSPS) is 12.8. The minimum Gasteiger partial charge on any atom is -0.497 e. The van der Waals surface area contributed by atoms with Crippen molar-refractivity contribution < 1.29 is 19.0 Å². The Balaban J connectivity index is 1.84. The highest BCUT2D eigenvalue weighted by atomic mass is 16.6. The van der Waals surface area contributed by atoms with Crippen LogP contribution in [0.25, 0.3) is 11.4 Å². The number of nitrogens with one attached hydrogen (secondary N) is 1. The van der Waals surface area contributed by atoms with Crippen LogP contribution in [0.1, 0.15) is 42.6 Å². The predicted molar refractivity (Wildman–Crippen MR) is 109 cm³/mol. The number of non-ortho nitro benzene ring substituents is 1. The summed E-state index contributed by atoms with van der Waals surface area (Å²) in [6.45, 7) is 3.94. The van der Waals surface area contributed by atoms with Crippen molar-refractivity contribution in [3.63, 3.8) is 0 Å². The van der Waals surface area contributed by atoms with Crippen LogP contribution >= 0.6 is 0 Å². The first-order valence-corrected chi connectivity index (χ1v) is 9.46. The van der Waals surface area contributed by atoms with Crippen LogP contribution in [0.15, 0.2) is 53.1 Å². The molecule has 1 N–H and O–H groups in total. The van der Waals surface area contributed by atoms with Crippen LogP contribution in [-0.2, 0) is 0 Å². The van der Waals surface area contributed by atoms with Gasteiger partial charge in [0, 0.05) is 23.3 Å². The zero-order chi connectivity index (χ0) is 21.7. The van der Waals surface area contributed by atoms with Crippen molar-refractivity contribution in [1.29, 1.82) is 0 Å². The molecule has 30 heavy (non-hydrogen) atoms. The van der Waals surface area contributed by atoms with Crippen molar-refractivity contribution in [2.24, 2.45) is 5.92 Å². The first-order chi connectivity index (χ1) is 14.4. The molecular formula is C21H22N4O5. The Morgan fingerprint density at radius 3 is 2.63 bits per heavy atom. The van der Waals surface area contributed by atoms with E-state index in [0.717, 1.165) is 12.0 Å². The summed E-state index contributed by atoms with van der Waals surface area (Å²) < 4.78 is 10.6. The average Bonchev–Trinajstić information content (AvgIpc) is 3.26. The van der Waals surface area contributed by atoms with Gasteiger partial charge in [0.2, 0.25) is 11.7 Å². The summed E-state index contributed by atoms with van der Waals surface area (Å²) in [5.74, 6) is 0.925. The lowest BCUT2D eigenvalue weighted by atomic mass is 9.98. The van der Waals surface area contributed by atoms with E-state index in [-0.39, 0.29) is 23.1 Å². The molecule has 1 amide bonds. The highest BCUT2D eigenvalue weighted by Gasteiger charge is 2.27. The molecule has 0 fully saturated rings. The minimum atomic E-state index is -0.540. The Morgan fingerprint density at radius 2 is 2.00 bits per heavy atom. The van der Waals surface area contributed by atoms with E-state index in [2.05, 4.69) is 15.5 Å². The van der Waals surface area contributed by atoms with E-state index in [1.54, 1.807) is 19.2 Å². The number of rotatable bonds is 8. The fraction of sp³-hybridized carbons (Fsp3) is 0.286. The molecule has 0 radical (unpaired) electrons. The van der Waals surface area contributed by atoms with E-state index in [1.165, 1.54) is 24.3 Å². The molecule has 0 aliphatic heterocycles. The number of hydrogen-bond acceptors (Lipinski definition) is 7. The van der Waals surface area contributed by atoms with E-state index in [4.69, 9.17) is 9.26 Å². The van der Waals surface area contributed by atoms with Crippen LogP contribution in [0, 0.1) is 16.0 Å². The maximum absolute atomic E-state index is 12.7. The number of aromatic nitrogens is 2. The first-order valence-electron chi connectivity index (χ1n) is 9.46. The van der Waals surface area contributed by atoms with Crippen molar-refractivity contribution >= 4 is 11.6 Å². The lowest BCUT2D eigenvalue weighted by Gasteiger charge is -2.20. The SMILES string of the molecule is CC[C@H](C)[C@@H](NC(=O)c1cccc([N+](=O)[O-])c1)c1nc(-c2ccc(OC)cc2)no1. The van der Waals surface area contributed by atoms with Gasteiger partial charge < -0.3 is 14.6 Å². The molecule has 0 spiro atoms. The molecule has 2 atom stereocenters. The summed E-state index contributed by atoms with van der Waals surface area (Å²) in [5.41, 5.74) is 0.786. The van der Waals surface area contributed by atoms with Gasteiger partial charge in [-0.25, -0.2) is 0 Å². The van der Waals surface area contributed by atoms with E-state index in [9.17, 15) is 14.9 Å². The molecule has 1 aromatic heterocycles.